The van der Waals surface area contributed by atoms with Gasteiger partial charge < -0.3 is 10.6 Å². The van der Waals surface area contributed by atoms with E-state index < -0.39 is 6.04 Å². The molecule has 2 amide bonds. The molecule has 0 heterocycles. The highest BCUT2D eigenvalue weighted by Gasteiger charge is 2.33. The fourth-order valence-corrected chi connectivity index (χ4v) is 2.29. The number of para-hydroxylation sites is 1. The Labute approximate surface area is 129 Å². The number of hydrogen-bond acceptors (Lipinski definition) is 2. The lowest BCUT2D eigenvalue weighted by molar-refractivity contribution is -0.127. The van der Waals surface area contributed by atoms with Crippen LogP contribution in [0.15, 0.2) is 60.7 Å². The van der Waals surface area contributed by atoms with Gasteiger partial charge in [0.05, 0.1) is 0 Å². The summed E-state index contributed by atoms with van der Waals surface area (Å²) in [5, 5.41) is 5.72. The van der Waals surface area contributed by atoms with Crippen LogP contribution in [0.2, 0.25) is 0 Å². The van der Waals surface area contributed by atoms with Crippen molar-refractivity contribution in [1.82, 2.24) is 5.32 Å². The molecule has 0 bridgehead atoms. The smallest absolute Gasteiger partial charge is 0.251 e. The third-order valence-electron chi connectivity index (χ3n) is 3.67. The fourth-order valence-electron chi connectivity index (χ4n) is 2.29. The van der Waals surface area contributed by atoms with Gasteiger partial charge in [0.15, 0.2) is 0 Å². The average molecular weight is 294 g/mol. The molecule has 1 saturated carbocycles. The molecule has 1 aliphatic rings. The van der Waals surface area contributed by atoms with Gasteiger partial charge in [-0.05, 0) is 30.5 Å². The second kappa shape index (κ2) is 6.43. The van der Waals surface area contributed by atoms with Crippen LogP contribution in [-0.2, 0) is 9.59 Å². The summed E-state index contributed by atoms with van der Waals surface area (Å²) in [6.45, 7) is 0. The van der Waals surface area contributed by atoms with Gasteiger partial charge in [-0.25, -0.2) is 0 Å². The Morgan fingerprint density at radius 1 is 0.909 bits per heavy atom. The lowest BCUT2D eigenvalue weighted by Crippen LogP contribution is -2.37. The van der Waals surface area contributed by atoms with Gasteiger partial charge >= 0.3 is 0 Å². The van der Waals surface area contributed by atoms with Gasteiger partial charge in [-0.2, -0.15) is 0 Å². The van der Waals surface area contributed by atoms with E-state index in [0.29, 0.717) is 5.69 Å². The molecule has 1 aliphatic carbocycles. The van der Waals surface area contributed by atoms with E-state index in [1.165, 1.54) is 0 Å². The summed E-state index contributed by atoms with van der Waals surface area (Å²) in [5.41, 5.74) is 1.50. The van der Waals surface area contributed by atoms with Crippen molar-refractivity contribution in [3.05, 3.63) is 66.2 Å². The maximum Gasteiger partial charge on any atom is 0.251 e. The molecule has 2 aromatic rings. The van der Waals surface area contributed by atoms with Crippen molar-refractivity contribution < 1.29 is 9.59 Å². The minimum Gasteiger partial charge on any atom is -0.340 e. The minimum atomic E-state index is -0.672. The topological polar surface area (TPSA) is 58.2 Å². The Morgan fingerprint density at radius 3 is 2.09 bits per heavy atom. The van der Waals surface area contributed by atoms with Gasteiger partial charge in [-0.3, -0.25) is 9.59 Å². The second-order valence-electron chi connectivity index (χ2n) is 5.48. The summed E-state index contributed by atoms with van der Waals surface area (Å²) in [5.74, 6) is -0.209. The monoisotopic (exact) mass is 294 g/mol. The van der Waals surface area contributed by atoms with Gasteiger partial charge in [0.25, 0.3) is 5.91 Å². The second-order valence-corrected chi connectivity index (χ2v) is 5.48. The van der Waals surface area contributed by atoms with Crippen LogP contribution >= 0.6 is 0 Å². The summed E-state index contributed by atoms with van der Waals surface area (Å²) in [4.78, 5) is 24.6. The summed E-state index contributed by atoms with van der Waals surface area (Å²) in [7, 11) is 0. The van der Waals surface area contributed by atoms with Crippen LogP contribution in [0.3, 0.4) is 0 Å². The van der Waals surface area contributed by atoms with Crippen molar-refractivity contribution >= 4 is 17.5 Å². The molecule has 0 saturated heterocycles. The van der Waals surface area contributed by atoms with Gasteiger partial charge in [0, 0.05) is 11.6 Å². The molecular formula is C18H18N2O2. The molecule has 1 atom stereocenters. The molecule has 2 aromatic carbocycles. The van der Waals surface area contributed by atoms with E-state index in [9.17, 15) is 9.59 Å². The molecule has 4 heteroatoms. The van der Waals surface area contributed by atoms with E-state index in [0.717, 1.165) is 18.4 Å². The van der Waals surface area contributed by atoms with Crippen molar-refractivity contribution in [3.63, 3.8) is 0 Å². The van der Waals surface area contributed by atoms with Crippen molar-refractivity contribution in [2.24, 2.45) is 5.92 Å². The van der Waals surface area contributed by atoms with Crippen LogP contribution in [-0.4, -0.2) is 11.8 Å². The summed E-state index contributed by atoms with van der Waals surface area (Å²) in [6.07, 6.45) is 1.82. The molecule has 0 spiro atoms. The molecule has 0 unspecified atom stereocenters. The molecule has 112 valence electrons. The van der Waals surface area contributed by atoms with Crippen LogP contribution < -0.4 is 10.6 Å². The average Bonchev–Trinajstić information content (AvgIpc) is 3.39. The Kier molecular flexibility index (Phi) is 4.19. The fraction of sp³-hybridized carbons (Fsp3) is 0.222. The molecular weight excluding hydrogens is 276 g/mol. The lowest BCUT2D eigenvalue weighted by atomic mass is 10.1. The summed E-state index contributed by atoms with van der Waals surface area (Å²) in [6, 6.07) is 17.9. The Morgan fingerprint density at radius 2 is 1.50 bits per heavy atom. The van der Waals surface area contributed by atoms with E-state index in [4.69, 9.17) is 0 Å². The molecule has 0 aromatic heterocycles. The van der Waals surface area contributed by atoms with Gasteiger partial charge in [-0.15, -0.1) is 0 Å². The van der Waals surface area contributed by atoms with E-state index in [1.54, 1.807) is 0 Å². The molecule has 22 heavy (non-hydrogen) atoms. The standard InChI is InChI=1S/C18H18N2O2/c21-17(14-11-12-14)20-16(13-7-3-1-4-8-13)18(22)19-15-9-5-2-6-10-15/h1-10,14,16H,11-12H2,(H,19,22)(H,20,21)/t16-/m1/s1. The number of carbonyl (C=O) groups is 2. The molecule has 0 aliphatic heterocycles. The third-order valence-corrected chi connectivity index (χ3v) is 3.67. The van der Waals surface area contributed by atoms with Crippen molar-refractivity contribution in [1.29, 1.82) is 0 Å². The zero-order chi connectivity index (χ0) is 15.4. The molecule has 2 N–H and O–H groups in total. The molecule has 0 radical (unpaired) electrons. The Hall–Kier alpha value is -2.62. The molecule has 1 fully saturated rings. The van der Waals surface area contributed by atoms with Crippen LogP contribution in [0.4, 0.5) is 5.69 Å². The highest BCUT2D eigenvalue weighted by atomic mass is 16.2. The quantitative estimate of drug-likeness (QED) is 0.891. The largest absolute Gasteiger partial charge is 0.340 e. The van der Waals surface area contributed by atoms with E-state index in [1.807, 2.05) is 60.7 Å². The highest BCUT2D eigenvalue weighted by molar-refractivity contribution is 5.98. The first-order chi connectivity index (χ1) is 10.7. The van der Waals surface area contributed by atoms with Crippen LogP contribution in [0, 0.1) is 5.92 Å². The van der Waals surface area contributed by atoms with E-state index >= 15 is 0 Å². The highest BCUT2D eigenvalue weighted by Crippen LogP contribution is 2.30. The van der Waals surface area contributed by atoms with Gasteiger partial charge in [-0.1, -0.05) is 48.5 Å². The van der Waals surface area contributed by atoms with Crippen molar-refractivity contribution in [2.75, 3.05) is 5.32 Å². The number of nitrogens with one attached hydrogen (secondary N) is 2. The molecule has 3 rings (SSSR count). The normalized spacial score (nSPS) is 14.9. The number of carbonyl (C=O) groups excluding carboxylic acids is 2. The number of rotatable bonds is 5. The SMILES string of the molecule is O=C(N[C@@H](C(=O)Nc1ccccc1)c1ccccc1)C1CC1. The van der Waals surface area contributed by atoms with Gasteiger partial charge in [0.1, 0.15) is 6.04 Å². The number of amides is 2. The van der Waals surface area contributed by atoms with Crippen molar-refractivity contribution in [3.8, 4) is 0 Å². The number of benzene rings is 2. The number of hydrogen-bond donors (Lipinski definition) is 2. The zero-order valence-corrected chi connectivity index (χ0v) is 12.2. The van der Waals surface area contributed by atoms with Gasteiger partial charge in [0.2, 0.25) is 5.91 Å². The predicted molar refractivity (Wildman–Crippen MR) is 85.1 cm³/mol. The zero-order valence-electron chi connectivity index (χ0n) is 12.2. The summed E-state index contributed by atoms with van der Waals surface area (Å²) >= 11 is 0. The maximum absolute atomic E-state index is 12.6. The van der Waals surface area contributed by atoms with Crippen LogP contribution in [0.5, 0.6) is 0 Å². The minimum absolute atomic E-state index is 0.0444. The van der Waals surface area contributed by atoms with Crippen molar-refractivity contribution in [2.45, 2.75) is 18.9 Å². The first-order valence-corrected chi connectivity index (χ1v) is 7.45. The first kappa shape index (κ1) is 14.3. The van der Waals surface area contributed by atoms with Crippen LogP contribution in [0.25, 0.3) is 0 Å². The third kappa shape index (κ3) is 3.52. The predicted octanol–water partition coefficient (Wildman–Crippen LogP) is 2.89. The Balaban J connectivity index is 1.77. The first-order valence-electron chi connectivity index (χ1n) is 7.45. The van der Waals surface area contributed by atoms with E-state index in [-0.39, 0.29) is 17.7 Å². The Bertz CT molecular complexity index is 651. The van der Waals surface area contributed by atoms with E-state index in [2.05, 4.69) is 10.6 Å². The number of anilines is 1. The van der Waals surface area contributed by atoms with Crippen LogP contribution in [0.1, 0.15) is 24.4 Å². The molecule has 4 nitrogen and oxygen atoms in total. The lowest BCUT2D eigenvalue weighted by Gasteiger charge is -2.19. The summed E-state index contributed by atoms with van der Waals surface area (Å²) < 4.78 is 0. The maximum atomic E-state index is 12.6.